The summed E-state index contributed by atoms with van der Waals surface area (Å²) in [6.07, 6.45) is 3.66. The van der Waals surface area contributed by atoms with Gasteiger partial charge in [0.05, 0.1) is 10.7 Å². The molecule has 1 atom stereocenters. The fraction of sp³-hybridized carbons (Fsp3) is 0.750. The summed E-state index contributed by atoms with van der Waals surface area (Å²) in [5.41, 5.74) is 1.37. The summed E-state index contributed by atoms with van der Waals surface area (Å²) in [7, 11) is 2.19. The van der Waals surface area contributed by atoms with Crippen molar-refractivity contribution in [2.75, 3.05) is 13.6 Å². The highest BCUT2D eigenvalue weighted by Crippen LogP contribution is 2.30. The van der Waals surface area contributed by atoms with Gasteiger partial charge in [0.15, 0.2) is 0 Å². The maximum absolute atomic E-state index is 4.80. The largest absolute Gasteiger partial charge is 0.301 e. The molecule has 0 aliphatic carbocycles. The van der Waals surface area contributed by atoms with Crippen LogP contribution in [-0.4, -0.2) is 23.5 Å². The van der Waals surface area contributed by atoms with E-state index < -0.39 is 0 Å². The van der Waals surface area contributed by atoms with Gasteiger partial charge in [-0.15, -0.1) is 11.3 Å². The fourth-order valence-corrected chi connectivity index (χ4v) is 3.39. The van der Waals surface area contributed by atoms with Gasteiger partial charge in [0, 0.05) is 30.3 Å². The second-order valence-electron chi connectivity index (χ2n) is 4.60. The first kappa shape index (κ1) is 11.1. The van der Waals surface area contributed by atoms with Crippen LogP contribution in [0.5, 0.6) is 0 Å². The lowest BCUT2D eigenvalue weighted by atomic mass is 10.1. The molecule has 0 saturated heterocycles. The van der Waals surface area contributed by atoms with Crippen LogP contribution in [0, 0.1) is 0 Å². The minimum Gasteiger partial charge on any atom is -0.301 e. The van der Waals surface area contributed by atoms with E-state index in [1.807, 2.05) is 11.3 Å². The van der Waals surface area contributed by atoms with Crippen molar-refractivity contribution >= 4 is 11.3 Å². The average Bonchev–Trinajstić information content (AvgIpc) is 2.60. The molecule has 84 valence electrons. The lowest BCUT2D eigenvalue weighted by molar-refractivity contribution is 0.314. The molecule has 1 aromatic heterocycles. The Hall–Kier alpha value is -0.410. The number of hydrogen-bond donors (Lipinski definition) is 0. The van der Waals surface area contributed by atoms with Crippen LogP contribution in [0.15, 0.2) is 0 Å². The summed E-state index contributed by atoms with van der Waals surface area (Å²) in [6.45, 7) is 6.82. The maximum atomic E-state index is 4.80. The number of rotatable bonds is 3. The molecule has 0 bridgehead atoms. The van der Waals surface area contributed by atoms with Crippen LogP contribution in [-0.2, 0) is 13.0 Å². The predicted molar refractivity (Wildman–Crippen MR) is 65.5 cm³/mol. The van der Waals surface area contributed by atoms with Crippen molar-refractivity contribution in [2.45, 2.75) is 45.6 Å². The normalized spacial score (nSPS) is 18.9. The van der Waals surface area contributed by atoms with Gasteiger partial charge in [0.1, 0.15) is 0 Å². The van der Waals surface area contributed by atoms with Gasteiger partial charge in [0.2, 0.25) is 0 Å². The predicted octanol–water partition coefficient (Wildman–Crippen LogP) is 3.03. The zero-order valence-electron chi connectivity index (χ0n) is 9.92. The molecule has 0 radical (unpaired) electrons. The quantitative estimate of drug-likeness (QED) is 0.784. The molecule has 2 heterocycles. The van der Waals surface area contributed by atoms with E-state index in [-0.39, 0.29) is 0 Å². The molecule has 1 aliphatic rings. The Balaban J connectivity index is 2.15. The Morgan fingerprint density at radius 3 is 3.07 bits per heavy atom. The topological polar surface area (TPSA) is 16.1 Å². The molecule has 2 nitrogen and oxygen atoms in total. The van der Waals surface area contributed by atoms with E-state index in [2.05, 4.69) is 25.8 Å². The van der Waals surface area contributed by atoms with E-state index in [1.54, 1.807) is 0 Å². The summed E-state index contributed by atoms with van der Waals surface area (Å²) < 4.78 is 0. The van der Waals surface area contributed by atoms with Gasteiger partial charge < -0.3 is 4.90 Å². The lowest BCUT2D eigenvalue weighted by Gasteiger charge is -2.20. The van der Waals surface area contributed by atoms with Gasteiger partial charge in [0.25, 0.3) is 0 Å². The van der Waals surface area contributed by atoms with E-state index in [0.717, 1.165) is 13.0 Å². The van der Waals surface area contributed by atoms with Gasteiger partial charge >= 0.3 is 0 Å². The van der Waals surface area contributed by atoms with Crippen molar-refractivity contribution in [1.29, 1.82) is 0 Å². The van der Waals surface area contributed by atoms with E-state index in [9.17, 15) is 0 Å². The van der Waals surface area contributed by atoms with Crippen LogP contribution in [0.4, 0.5) is 0 Å². The standard InChI is InChI=1S/C12H20N2S/c1-4-5-9(2)12-13-10-6-7-14(3)8-11(10)15-12/h9H,4-8H2,1-3H3. The second-order valence-corrected chi connectivity index (χ2v) is 5.71. The van der Waals surface area contributed by atoms with E-state index >= 15 is 0 Å². The third kappa shape index (κ3) is 2.40. The van der Waals surface area contributed by atoms with Crippen LogP contribution in [0.2, 0.25) is 0 Å². The minimum absolute atomic E-state index is 0.649. The molecule has 0 aromatic carbocycles. The molecule has 1 unspecified atom stereocenters. The molecule has 0 spiro atoms. The van der Waals surface area contributed by atoms with Crippen LogP contribution >= 0.6 is 11.3 Å². The van der Waals surface area contributed by atoms with Gasteiger partial charge in [-0.1, -0.05) is 20.3 Å². The second kappa shape index (κ2) is 4.62. The van der Waals surface area contributed by atoms with E-state index in [0.29, 0.717) is 5.92 Å². The summed E-state index contributed by atoms with van der Waals surface area (Å²) >= 11 is 1.93. The third-order valence-electron chi connectivity index (χ3n) is 3.08. The van der Waals surface area contributed by atoms with Crippen LogP contribution in [0.1, 0.15) is 48.2 Å². The zero-order valence-corrected chi connectivity index (χ0v) is 10.7. The fourth-order valence-electron chi connectivity index (χ4n) is 2.11. The van der Waals surface area contributed by atoms with Crippen LogP contribution in [0.3, 0.4) is 0 Å². The number of hydrogen-bond acceptors (Lipinski definition) is 3. The van der Waals surface area contributed by atoms with Crippen molar-refractivity contribution < 1.29 is 0 Å². The first-order valence-electron chi connectivity index (χ1n) is 5.87. The highest BCUT2D eigenvalue weighted by atomic mass is 32.1. The Labute approximate surface area is 96.3 Å². The Morgan fingerprint density at radius 2 is 2.33 bits per heavy atom. The van der Waals surface area contributed by atoms with Crippen LogP contribution < -0.4 is 0 Å². The van der Waals surface area contributed by atoms with Gasteiger partial charge in [-0.2, -0.15) is 0 Å². The molecular weight excluding hydrogens is 204 g/mol. The van der Waals surface area contributed by atoms with Crippen molar-refractivity contribution in [3.8, 4) is 0 Å². The zero-order chi connectivity index (χ0) is 10.8. The summed E-state index contributed by atoms with van der Waals surface area (Å²) in [4.78, 5) is 8.68. The summed E-state index contributed by atoms with van der Waals surface area (Å²) in [5, 5.41) is 1.36. The smallest absolute Gasteiger partial charge is 0.0959 e. The van der Waals surface area contributed by atoms with Crippen molar-refractivity contribution in [3.05, 3.63) is 15.6 Å². The molecule has 0 saturated carbocycles. The average molecular weight is 224 g/mol. The molecule has 0 amide bonds. The molecule has 1 aromatic rings. The number of nitrogens with zero attached hydrogens (tertiary/aromatic N) is 2. The Kier molecular flexibility index (Phi) is 3.42. The Bertz CT molecular complexity index is 332. The number of fused-ring (bicyclic) bond motifs is 1. The molecule has 3 heteroatoms. The van der Waals surface area contributed by atoms with Gasteiger partial charge in [-0.25, -0.2) is 4.98 Å². The molecule has 15 heavy (non-hydrogen) atoms. The highest BCUT2D eigenvalue weighted by Gasteiger charge is 2.20. The SMILES string of the molecule is CCCC(C)c1nc2c(s1)CN(C)CC2. The van der Waals surface area contributed by atoms with E-state index in [1.165, 1.54) is 35.0 Å². The van der Waals surface area contributed by atoms with Gasteiger partial charge in [-0.05, 0) is 13.5 Å². The number of likely N-dealkylation sites (N-methyl/N-ethyl adjacent to an activating group) is 1. The monoisotopic (exact) mass is 224 g/mol. The van der Waals surface area contributed by atoms with Gasteiger partial charge in [-0.3, -0.25) is 0 Å². The maximum Gasteiger partial charge on any atom is 0.0959 e. The Morgan fingerprint density at radius 1 is 1.53 bits per heavy atom. The first-order chi connectivity index (χ1) is 7.20. The lowest BCUT2D eigenvalue weighted by Crippen LogP contribution is -2.25. The number of thiazole rings is 1. The molecule has 0 fully saturated rings. The van der Waals surface area contributed by atoms with Crippen molar-refractivity contribution in [3.63, 3.8) is 0 Å². The minimum atomic E-state index is 0.649. The van der Waals surface area contributed by atoms with E-state index in [4.69, 9.17) is 4.98 Å². The highest BCUT2D eigenvalue weighted by molar-refractivity contribution is 7.11. The molecule has 0 N–H and O–H groups in total. The number of aromatic nitrogens is 1. The third-order valence-corrected chi connectivity index (χ3v) is 4.40. The van der Waals surface area contributed by atoms with Crippen molar-refractivity contribution in [1.82, 2.24) is 9.88 Å². The molecule has 1 aliphatic heterocycles. The van der Waals surface area contributed by atoms with Crippen LogP contribution in [0.25, 0.3) is 0 Å². The molecular formula is C12H20N2S. The van der Waals surface area contributed by atoms with Crippen molar-refractivity contribution in [2.24, 2.45) is 0 Å². The first-order valence-corrected chi connectivity index (χ1v) is 6.69. The summed E-state index contributed by atoms with van der Waals surface area (Å²) in [5.74, 6) is 0.649. The molecule has 2 rings (SSSR count). The summed E-state index contributed by atoms with van der Waals surface area (Å²) in [6, 6.07) is 0.